The van der Waals surface area contributed by atoms with Gasteiger partial charge in [0, 0.05) is 68.4 Å². The third-order valence-electron chi connectivity index (χ3n) is 27.4. The molecule has 0 amide bonds. The topological polar surface area (TPSA) is 177 Å². The van der Waals surface area contributed by atoms with E-state index in [1.807, 2.05) is 41.5 Å². The average molecular weight is 1550 g/mol. The first kappa shape index (κ1) is 96.4. The summed E-state index contributed by atoms with van der Waals surface area (Å²) < 4.78 is 90.9. The predicted octanol–water partition coefficient (Wildman–Crippen LogP) is 20.6. The maximum absolute atomic E-state index is 10.4. The van der Waals surface area contributed by atoms with Gasteiger partial charge in [-0.05, 0) is 251 Å². The highest BCUT2D eigenvalue weighted by atomic mass is 16.8. The molecule has 15 fully saturated rings. The second kappa shape index (κ2) is 42.3. The molecular weight excluding hydrogens is 1380 g/mol. The standard InChI is InChI=1S/C12H22O2.C12H20O2.C11H21NO.C11H20O2.C9H16O2.C8H16O2.C8H16O.C7H14O2.C7H14O.C6H10O2/c2*1-8-5-6-12(13-7-8)10(3)9(2)11(4)14-12;1-7-5-9-10(12-6-7)8(2)11(3,4)13-9;1-8-9(2)13-11(12-8)10-6-4-3-5-7-10;1-7-8(2)11-9(10-7)5-3-4-6-9;1-4-5-8-9-6(2)7(3)10-8;1-6-5-8(3,4)9-7(6)2;1-5-6(2)9-7(3,4)8-5;1-5-4-8-7(3)6(5)2;1-6(2)4-3-5(7)8-6/h8-11H,5-7H2,1-4H3;9-11H,1,5-7H2,2-4H3;7-10,12H,5-6H2,1-4H3;8-11H,3-7H2,1-2H3;7-8H,3-6H2,1-2H3;6-8H,4-5H2,1-3H3;6-7H,5H2,1-4H3;5-6H,1-4H3;5-7H,4H2,1-3H3;3-4H2,1-2H3. The van der Waals surface area contributed by atoms with Crippen molar-refractivity contribution in [1.82, 2.24) is 5.32 Å². The maximum atomic E-state index is 10.4. The molecule has 2 aliphatic carbocycles. The molecule has 13 heterocycles. The van der Waals surface area contributed by atoms with Gasteiger partial charge in [0.2, 0.25) is 0 Å². The van der Waals surface area contributed by atoms with Gasteiger partial charge in [0.05, 0.1) is 104 Å². The van der Waals surface area contributed by atoms with Crippen LogP contribution in [0.3, 0.4) is 0 Å². The summed E-state index contributed by atoms with van der Waals surface area (Å²) in [5.41, 5.74) is 1.21. The first-order valence-electron chi connectivity index (χ1n) is 44.2. The molecule has 26 unspecified atom stereocenters. The molecule has 0 aromatic heterocycles. The summed E-state index contributed by atoms with van der Waals surface area (Å²) in [5.74, 6) is 6.11. The Kier molecular flexibility index (Phi) is 37.4. The number of piperidine rings is 1. The summed E-state index contributed by atoms with van der Waals surface area (Å²) in [5, 5.41) is 3.61. The van der Waals surface area contributed by atoms with Crippen LogP contribution in [0.15, 0.2) is 12.2 Å². The highest BCUT2D eigenvalue weighted by molar-refractivity contribution is 5.72. The highest BCUT2D eigenvalue weighted by Crippen LogP contribution is 2.49. The van der Waals surface area contributed by atoms with Crippen LogP contribution in [0.5, 0.6) is 0 Å². The zero-order chi connectivity index (χ0) is 81.5. The normalized spacial score (nSPS) is 44.2. The fourth-order valence-corrected chi connectivity index (χ4v) is 17.9. The van der Waals surface area contributed by atoms with Gasteiger partial charge in [-0.15, -0.1) is 0 Å². The van der Waals surface area contributed by atoms with Crippen LogP contribution in [0.2, 0.25) is 0 Å². The molecule has 0 aromatic rings. The Bertz CT molecular complexity index is 2530. The highest BCUT2D eigenvalue weighted by Gasteiger charge is 2.54. The van der Waals surface area contributed by atoms with Gasteiger partial charge < -0.3 is 81.1 Å². The molecule has 15 rings (SSSR count). The fraction of sp³-hybridized carbons (Fsp3) is 0.967. The number of esters is 1. The van der Waals surface area contributed by atoms with E-state index in [2.05, 4.69) is 185 Å². The van der Waals surface area contributed by atoms with Gasteiger partial charge in [-0.1, -0.05) is 114 Å². The summed E-state index contributed by atoms with van der Waals surface area (Å²) in [6.07, 6.45) is 26.2. The second-order valence-electron chi connectivity index (χ2n) is 38.9. The summed E-state index contributed by atoms with van der Waals surface area (Å²) in [6.45, 7) is 74.0. The monoisotopic (exact) mass is 1550 g/mol. The lowest BCUT2D eigenvalue weighted by atomic mass is 9.83. The van der Waals surface area contributed by atoms with E-state index in [9.17, 15) is 4.79 Å². The predicted molar refractivity (Wildman–Crippen MR) is 436 cm³/mol. The minimum absolute atomic E-state index is 0.0602. The fourth-order valence-electron chi connectivity index (χ4n) is 17.9. The van der Waals surface area contributed by atoms with Crippen LogP contribution in [0.25, 0.3) is 0 Å². The van der Waals surface area contributed by atoms with Crippen LogP contribution >= 0.6 is 0 Å². The number of carbonyl (C=O) groups is 1. The van der Waals surface area contributed by atoms with Gasteiger partial charge in [0.15, 0.2) is 35.7 Å². The Balaban J connectivity index is 0.000000190. The van der Waals surface area contributed by atoms with Crippen molar-refractivity contribution in [2.75, 3.05) is 26.4 Å². The molecule has 18 heteroatoms. The molecule has 1 N–H and O–H groups in total. The zero-order valence-electron chi connectivity index (χ0n) is 75.5. The molecule has 13 saturated heterocycles. The van der Waals surface area contributed by atoms with Crippen molar-refractivity contribution < 1.29 is 80.6 Å². The van der Waals surface area contributed by atoms with Crippen molar-refractivity contribution >= 4 is 5.97 Å². The van der Waals surface area contributed by atoms with Gasteiger partial charge in [0.25, 0.3) is 0 Å². The van der Waals surface area contributed by atoms with Gasteiger partial charge in [-0.25, -0.2) is 0 Å². The number of fused-ring (bicyclic) bond motifs is 1. The lowest BCUT2D eigenvalue weighted by Crippen LogP contribution is -2.48. The van der Waals surface area contributed by atoms with Crippen LogP contribution in [0, 0.1) is 65.1 Å². The molecule has 0 bridgehead atoms. The average Bonchev–Trinajstić information content (AvgIpc) is 1.66. The Morgan fingerprint density at radius 3 is 1.33 bits per heavy atom. The SMILES string of the molecule is C=C1CCC2(OC1)OC(C)C(C)C2C.CC1(C)CCC(=O)O1.CC1CC(C)(C)OC1C.CC1CCC2(OC1)OC(C)C(C)C2C.CC1CNC2C(C1)OC(C)(C)C2C.CC1COC(C)C1C.CC1OC(C)(C)OC1C.CC1OC(C2CCCCC2)OC1C.CC1OC2(CCCC2)OC1C.CCCC1OC(C)C(C)O1. The number of nitrogens with one attached hydrogen (secondary N) is 1. The molecule has 15 aliphatic rings. The minimum atomic E-state index is -0.362. The van der Waals surface area contributed by atoms with Crippen molar-refractivity contribution in [1.29, 1.82) is 0 Å². The molecule has 109 heavy (non-hydrogen) atoms. The first-order valence-corrected chi connectivity index (χ1v) is 44.2. The molecule has 640 valence electrons. The first-order chi connectivity index (χ1) is 50.7. The molecule has 2 saturated carbocycles. The molecular formula is C91H169NO17. The lowest BCUT2D eigenvalue weighted by molar-refractivity contribution is -0.267. The number of cyclic esters (lactones) is 1. The number of carbonyl (C=O) groups excluding carboxylic acids is 1. The Morgan fingerprint density at radius 2 is 0.972 bits per heavy atom. The summed E-state index contributed by atoms with van der Waals surface area (Å²) in [6, 6.07) is 0.589. The second-order valence-corrected chi connectivity index (χ2v) is 38.9. The van der Waals surface area contributed by atoms with Gasteiger partial charge in [0.1, 0.15) is 5.60 Å². The number of rotatable bonds is 3. The van der Waals surface area contributed by atoms with Crippen LogP contribution in [0.4, 0.5) is 0 Å². The van der Waals surface area contributed by atoms with E-state index >= 15 is 0 Å². The molecule has 18 nitrogen and oxygen atoms in total. The maximum Gasteiger partial charge on any atom is 0.306 e. The Morgan fingerprint density at radius 1 is 0.450 bits per heavy atom. The molecule has 0 radical (unpaired) electrons. The van der Waals surface area contributed by atoms with Crippen molar-refractivity contribution in [2.24, 2.45) is 65.1 Å². The van der Waals surface area contributed by atoms with Crippen LogP contribution < -0.4 is 5.32 Å². The van der Waals surface area contributed by atoms with E-state index in [-0.39, 0.29) is 107 Å². The molecule has 13 aliphatic heterocycles. The number of hydrogen-bond acceptors (Lipinski definition) is 18. The van der Waals surface area contributed by atoms with Crippen LogP contribution in [0.1, 0.15) is 337 Å². The van der Waals surface area contributed by atoms with Crippen LogP contribution in [-0.2, 0) is 80.6 Å². The summed E-state index contributed by atoms with van der Waals surface area (Å²) >= 11 is 0. The minimum Gasteiger partial charge on any atom is -0.460 e. The summed E-state index contributed by atoms with van der Waals surface area (Å²) in [7, 11) is 0. The number of hydrogen-bond donors (Lipinski definition) is 1. The van der Waals surface area contributed by atoms with E-state index in [0.29, 0.717) is 91.0 Å². The van der Waals surface area contributed by atoms with E-state index in [0.717, 1.165) is 94.8 Å². The van der Waals surface area contributed by atoms with Gasteiger partial charge in [-0.2, -0.15) is 0 Å². The third kappa shape index (κ3) is 28.4. The van der Waals surface area contributed by atoms with E-state index < -0.39 is 0 Å². The smallest absolute Gasteiger partial charge is 0.306 e. The van der Waals surface area contributed by atoms with Crippen molar-refractivity contribution in [3.8, 4) is 0 Å². The molecule has 0 aromatic carbocycles. The quantitative estimate of drug-likeness (QED) is 0.208. The van der Waals surface area contributed by atoms with Gasteiger partial charge in [-0.3, -0.25) is 4.79 Å². The largest absolute Gasteiger partial charge is 0.460 e. The Hall–Kier alpha value is -1.43. The van der Waals surface area contributed by atoms with Gasteiger partial charge >= 0.3 is 5.97 Å². The van der Waals surface area contributed by atoms with Crippen molar-refractivity contribution in [3.05, 3.63) is 12.2 Å². The van der Waals surface area contributed by atoms with Crippen molar-refractivity contribution in [3.63, 3.8) is 0 Å². The van der Waals surface area contributed by atoms with Crippen molar-refractivity contribution in [2.45, 2.75) is 475 Å². The lowest BCUT2D eigenvalue weighted by Gasteiger charge is -2.39. The molecule has 26 atom stereocenters. The number of ether oxygens (including phenoxy) is 16. The Labute approximate surface area is 666 Å². The van der Waals surface area contributed by atoms with E-state index in [1.54, 1.807) is 0 Å². The van der Waals surface area contributed by atoms with Crippen LogP contribution in [-0.4, -0.2) is 170 Å². The van der Waals surface area contributed by atoms with E-state index in [4.69, 9.17) is 75.8 Å². The third-order valence-corrected chi connectivity index (χ3v) is 27.4. The molecule has 3 spiro atoms. The zero-order valence-corrected chi connectivity index (χ0v) is 75.5. The summed E-state index contributed by atoms with van der Waals surface area (Å²) in [4.78, 5) is 10.4. The van der Waals surface area contributed by atoms with E-state index in [1.165, 1.54) is 69.8 Å².